The molecule has 1 aromatic carbocycles. The SMILES string of the molecule is CCc1ccc2occ(C(=O)NCc3cnnc(C)c3C)c2c1. The van der Waals surface area contributed by atoms with Crippen LogP contribution in [0.4, 0.5) is 0 Å². The van der Waals surface area contributed by atoms with Crippen molar-refractivity contribution in [1.82, 2.24) is 15.5 Å². The molecular weight excluding hydrogens is 290 g/mol. The maximum atomic E-state index is 12.5. The molecule has 0 radical (unpaired) electrons. The predicted octanol–water partition coefficient (Wildman–Crippen LogP) is 3.33. The molecule has 0 aliphatic rings. The average Bonchev–Trinajstić information content (AvgIpc) is 2.99. The third-order valence-electron chi connectivity index (χ3n) is 4.18. The molecule has 2 aromatic heterocycles. The molecule has 3 rings (SSSR count). The molecule has 0 saturated heterocycles. The lowest BCUT2D eigenvalue weighted by molar-refractivity contribution is 0.0951. The number of aryl methyl sites for hydroxylation is 2. The second-order valence-corrected chi connectivity index (χ2v) is 5.60. The van der Waals surface area contributed by atoms with Crippen LogP contribution in [0.5, 0.6) is 0 Å². The Morgan fingerprint density at radius 3 is 2.91 bits per heavy atom. The fourth-order valence-corrected chi connectivity index (χ4v) is 2.51. The summed E-state index contributed by atoms with van der Waals surface area (Å²) in [5, 5.41) is 11.7. The zero-order chi connectivity index (χ0) is 16.4. The number of furan rings is 1. The van der Waals surface area contributed by atoms with E-state index < -0.39 is 0 Å². The second-order valence-electron chi connectivity index (χ2n) is 5.60. The Balaban J connectivity index is 1.82. The van der Waals surface area contributed by atoms with Crippen LogP contribution >= 0.6 is 0 Å². The zero-order valence-electron chi connectivity index (χ0n) is 13.5. The molecule has 0 saturated carbocycles. The minimum Gasteiger partial charge on any atom is -0.463 e. The van der Waals surface area contributed by atoms with Gasteiger partial charge >= 0.3 is 0 Å². The summed E-state index contributed by atoms with van der Waals surface area (Å²) < 4.78 is 5.48. The van der Waals surface area contributed by atoms with Crippen molar-refractivity contribution >= 4 is 16.9 Å². The molecule has 0 bridgehead atoms. The van der Waals surface area contributed by atoms with Crippen LogP contribution in [0, 0.1) is 13.8 Å². The smallest absolute Gasteiger partial charge is 0.255 e. The highest BCUT2D eigenvalue weighted by atomic mass is 16.3. The summed E-state index contributed by atoms with van der Waals surface area (Å²) in [5.41, 5.74) is 5.35. The van der Waals surface area contributed by atoms with Crippen molar-refractivity contribution in [3.63, 3.8) is 0 Å². The molecule has 0 atom stereocenters. The van der Waals surface area contributed by atoms with E-state index in [2.05, 4.69) is 22.4 Å². The van der Waals surface area contributed by atoms with Gasteiger partial charge in [0.1, 0.15) is 11.8 Å². The fraction of sp³-hybridized carbons (Fsp3) is 0.278. The number of nitrogens with zero attached hydrogens (tertiary/aromatic N) is 2. The monoisotopic (exact) mass is 309 g/mol. The average molecular weight is 309 g/mol. The lowest BCUT2D eigenvalue weighted by atomic mass is 10.1. The summed E-state index contributed by atoms with van der Waals surface area (Å²) in [6.45, 7) is 6.39. The van der Waals surface area contributed by atoms with Crippen molar-refractivity contribution in [3.05, 3.63) is 58.6 Å². The second kappa shape index (κ2) is 6.20. The van der Waals surface area contributed by atoms with Crippen molar-refractivity contribution in [3.8, 4) is 0 Å². The number of fused-ring (bicyclic) bond motifs is 1. The van der Waals surface area contributed by atoms with E-state index in [9.17, 15) is 4.79 Å². The van der Waals surface area contributed by atoms with Gasteiger partial charge in [0.15, 0.2) is 0 Å². The molecular formula is C18H19N3O2. The maximum Gasteiger partial charge on any atom is 0.255 e. The summed E-state index contributed by atoms with van der Waals surface area (Å²) in [6, 6.07) is 5.94. The summed E-state index contributed by atoms with van der Waals surface area (Å²) >= 11 is 0. The van der Waals surface area contributed by atoms with E-state index in [-0.39, 0.29) is 5.91 Å². The summed E-state index contributed by atoms with van der Waals surface area (Å²) in [7, 11) is 0. The van der Waals surface area contributed by atoms with Crippen LogP contribution in [0.1, 0.15) is 39.7 Å². The largest absolute Gasteiger partial charge is 0.463 e. The number of carbonyl (C=O) groups excluding carboxylic acids is 1. The van der Waals surface area contributed by atoms with Crippen LogP contribution < -0.4 is 5.32 Å². The summed E-state index contributed by atoms with van der Waals surface area (Å²) in [5.74, 6) is -0.147. The van der Waals surface area contributed by atoms with Gasteiger partial charge in [-0.2, -0.15) is 10.2 Å². The molecule has 2 heterocycles. The first-order chi connectivity index (χ1) is 11.1. The fourth-order valence-electron chi connectivity index (χ4n) is 2.51. The molecule has 0 aliphatic heterocycles. The minimum absolute atomic E-state index is 0.147. The quantitative estimate of drug-likeness (QED) is 0.802. The van der Waals surface area contributed by atoms with Gasteiger partial charge in [-0.3, -0.25) is 4.79 Å². The third-order valence-corrected chi connectivity index (χ3v) is 4.18. The maximum absolute atomic E-state index is 12.5. The van der Waals surface area contributed by atoms with Crippen LogP contribution in [0.15, 0.2) is 35.1 Å². The van der Waals surface area contributed by atoms with Gasteiger partial charge in [-0.05, 0) is 49.1 Å². The first-order valence-corrected chi connectivity index (χ1v) is 7.66. The van der Waals surface area contributed by atoms with Gasteiger partial charge in [0.2, 0.25) is 0 Å². The molecule has 3 aromatic rings. The van der Waals surface area contributed by atoms with Gasteiger partial charge in [0.25, 0.3) is 5.91 Å². The topological polar surface area (TPSA) is 68.0 Å². The van der Waals surface area contributed by atoms with Crippen molar-refractivity contribution in [2.75, 3.05) is 0 Å². The van der Waals surface area contributed by atoms with E-state index in [1.165, 1.54) is 11.8 Å². The number of amides is 1. The first kappa shape index (κ1) is 15.2. The Hall–Kier alpha value is -2.69. The molecule has 0 fully saturated rings. The highest BCUT2D eigenvalue weighted by Crippen LogP contribution is 2.23. The molecule has 23 heavy (non-hydrogen) atoms. The number of aromatic nitrogens is 2. The van der Waals surface area contributed by atoms with Crippen LogP contribution in [-0.4, -0.2) is 16.1 Å². The third kappa shape index (κ3) is 2.95. The minimum atomic E-state index is -0.147. The van der Waals surface area contributed by atoms with Crippen molar-refractivity contribution in [1.29, 1.82) is 0 Å². The number of hydrogen-bond acceptors (Lipinski definition) is 4. The van der Waals surface area contributed by atoms with E-state index in [0.29, 0.717) is 12.1 Å². The van der Waals surface area contributed by atoms with Gasteiger partial charge in [-0.25, -0.2) is 0 Å². The molecule has 1 amide bonds. The van der Waals surface area contributed by atoms with E-state index in [1.807, 2.05) is 32.0 Å². The van der Waals surface area contributed by atoms with Crippen molar-refractivity contribution in [2.24, 2.45) is 0 Å². The number of hydrogen-bond donors (Lipinski definition) is 1. The van der Waals surface area contributed by atoms with Gasteiger partial charge in [-0.15, -0.1) is 0 Å². The Morgan fingerprint density at radius 1 is 1.30 bits per heavy atom. The van der Waals surface area contributed by atoms with Crippen LogP contribution in [0.3, 0.4) is 0 Å². The Morgan fingerprint density at radius 2 is 2.13 bits per heavy atom. The number of benzene rings is 1. The van der Waals surface area contributed by atoms with Gasteiger partial charge in [0, 0.05) is 11.9 Å². The standard InChI is InChI=1S/C18H19N3O2/c1-4-13-5-6-17-15(7-13)16(10-23-17)18(22)19-8-14-9-20-21-12(3)11(14)2/h5-7,9-10H,4,8H2,1-3H3,(H,19,22). The first-order valence-electron chi connectivity index (χ1n) is 7.66. The highest BCUT2D eigenvalue weighted by molar-refractivity contribution is 6.06. The Labute approximate surface area is 134 Å². The van der Waals surface area contributed by atoms with Crippen molar-refractivity contribution in [2.45, 2.75) is 33.7 Å². The lowest BCUT2D eigenvalue weighted by Gasteiger charge is -2.08. The molecule has 5 heteroatoms. The van der Waals surface area contributed by atoms with Gasteiger partial charge in [0.05, 0.1) is 17.5 Å². The van der Waals surface area contributed by atoms with Gasteiger partial charge in [-0.1, -0.05) is 13.0 Å². The van der Waals surface area contributed by atoms with E-state index in [4.69, 9.17) is 4.42 Å². The normalized spacial score (nSPS) is 10.9. The number of nitrogens with one attached hydrogen (secondary N) is 1. The molecule has 5 nitrogen and oxygen atoms in total. The molecule has 0 aliphatic carbocycles. The van der Waals surface area contributed by atoms with Crippen LogP contribution in [-0.2, 0) is 13.0 Å². The summed E-state index contributed by atoms with van der Waals surface area (Å²) in [6.07, 6.45) is 4.12. The summed E-state index contributed by atoms with van der Waals surface area (Å²) in [4.78, 5) is 12.5. The Bertz CT molecular complexity index is 868. The van der Waals surface area contributed by atoms with E-state index in [1.54, 1.807) is 6.20 Å². The lowest BCUT2D eigenvalue weighted by Crippen LogP contribution is -2.23. The molecule has 1 N–H and O–H groups in total. The predicted molar refractivity (Wildman–Crippen MR) is 88.3 cm³/mol. The van der Waals surface area contributed by atoms with Gasteiger partial charge < -0.3 is 9.73 Å². The van der Waals surface area contributed by atoms with E-state index >= 15 is 0 Å². The molecule has 0 spiro atoms. The molecule has 0 unspecified atom stereocenters. The van der Waals surface area contributed by atoms with Crippen LogP contribution in [0.2, 0.25) is 0 Å². The zero-order valence-corrected chi connectivity index (χ0v) is 13.5. The number of rotatable bonds is 4. The molecule has 118 valence electrons. The van der Waals surface area contributed by atoms with Crippen LogP contribution in [0.25, 0.3) is 11.0 Å². The highest BCUT2D eigenvalue weighted by Gasteiger charge is 2.14. The van der Waals surface area contributed by atoms with E-state index in [0.717, 1.165) is 34.2 Å². The van der Waals surface area contributed by atoms with Crippen molar-refractivity contribution < 1.29 is 9.21 Å². The number of carbonyl (C=O) groups is 1. The Kier molecular flexibility index (Phi) is 4.10.